The lowest BCUT2D eigenvalue weighted by Crippen LogP contribution is -2.01. The molecule has 0 unspecified atom stereocenters. The van der Waals surface area contributed by atoms with Crippen molar-refractivity contribution in [2.75, 3.05) is 6.61 Å². The molecule has 0 aliphatic rings. The molecule has 0 saturated carbocycles. The number of phenolic OH excluding ortho intramolecular Hbond substituents is 2. The summed E-state index contributed by atoms with van der Waals surface area (Å²) in [5.41, 5.74) is 2.30. The summed E-state index contributed by atoms with van der Waals surface area (Å²) in [6, 6.07) is 18.5. The maximum atomic E-state index is 12.6. The fraction of sp³-hybridized carbons (Fsp3) is 0.174. The highest BCUT2D eigenvalue weighted by Crippen LogP contribution is 2.35. The van der Waals surface area contributed by atoms with Gasteiger partial charge in [0.05, 0.1) is 11.3 Å². The van der Waals surface area contributed by atoms with Crippen molar-refractivity contribution >= 4 is 17.2 Å². The van der Waals surface area contributed by atoms with Gasteiger partial charge in [0.1, 0.15) is 17.2 Å². The molecule has 0 amide bonds. The van der Waals surface area contributed by atoms with E-state index in [-0.39, 0.29) is 35.1 Å². The van der Waals surface area contributed by atoms with Gasteiger partial charge < -0.3 is 15.3 Å². The predicted octanol–water partition coefficient (Wildman–Crippen LogP) is 5.06. The van der Waals surface area contributed by atoms with E-state index in [9.17, 15) is 15.0 Å². The monoisotopic (exact) mass is 390 g/mol. The van der Waals surface area contributed by atoms with Crippen LogP contribution in [0, 0.1) is 0 Å². The zero-order chi connectivity index (χ0) is 20.6. The van der Waals surface area contributed by atoms with Crippen molar-refractivity contribution in [3.8, 4) is 11.5 Å². The number of nitrogens with zero attached hydrogens (tertiary/aromatic N) is 2. The molecular weight excluding hydrogens is 368 g/mol. The van der Waals surface area contributed by atoms with E-state index in [4.69, 9.17) is 5.11 Å². The fourth-order valence-electron chi connectivity index (χ4n) is 2.85. The molecule has 0 aromatic heterocycles. The van der Waals surface area contributed by atoms with E-state index >= 15 is 0 Å². The number of aryl methyl sites for hydroxylation is 1. The van der Waals surface area contributed by atoms with Crippen molar-refractivity contribution < 1.29 is 20.1 Å². The van der Waals surface area contributed by atoms with Crippen LogP contribution in [0.5, 0.6) is 11.5 Å². The number of phenols is 2. The molecular formula is C23H22N2O4. The molecule has 0 saturated heterocycles. The summed E-state index contributed by atoms with van der Waals surface area (Å²) in [5.74, 6) is -0.953. The average Bonchev–Trinajstić information content (AvgIpc) is 2.74. The molecule has 6 nitrogen and oxygen atoms in total. The summed E-state index contributed by atoms with van der Waals surface area (Å²) in [6.45, 7) is 0.192. The molecule has 0 atom stereocenters. The molecule has 0 aliphatic carbocycles. The van der Waals surface area contributed by atoms with Crippen molar-refractivity contribution in [1.82, 2.24) is 0 Å². The normalized spacial score (nSPS) is 11.1. The number of aliphatic hydroxyl groups is 1. The highest BCUT2D eigenvalue weighted by Gasteiger charge is 2.16. The number of carbonyl (C=O) groups is 1. The number of rotatable bonds is 8. The van der Waals surface area contributed by atoms with E-state index < -0.39 is 0 Å². The number of hydrogen-bond acceptors (Lipinski definition) is 6. The summed E-state index contributed by atoms with van der Waals surface area (Å²) >= 11 is 0. The molecule has 0 radical (unpaired) electrons. The van der Waals surface area contributed by atoms with Crippen LogP contribution in [0.4, 0.5) is 11.4 Å². The third-order valence-electron chi connectivity index (χ3n) is 4.46. The van der Waals surface area contributed by atoms with E-state index in [1.54, 1.807) is 30.3 Å². The Labute approximate surface area is 168 Å². The third-order valence-corrected chi connectivity index (χ3v) is 4.46. The fourth-order valence-corrected chi connectivity index (χ4v) is 2.85. The minimum atomic E-state index is -0.369. The first-order valence-corrected chi connectivity index (χ1v) is 9.36. The van der Waals surface area contributed by atoms with E-state index in [0.29, 0.717) is 11.3 Å². The van der Waals surface area contributed by atoms with Crippen molar-refractivity contribution in [2.24, 2.45) is 10.2 Å². The Morgan fingerprint density at radius 2 is 1.55 bits per heavy atom. The van der Waals surface area contributed by atoms with E-state index in [1.165, 1.54) is 6.07 Å². The average molecular weight is 390 g/mol. The lowest BCUT2D eigenvalue weighted by atomic mass is 10.0. The summed E-state index contributed by atoms with van der Waals surface area (Å²) in [6.07, 6.45) is 2.56. The lowest BCUT2D eigenvalue weighted by molar-refractivity contribution is 0.103. The van der Waals surface area contributed by atoms with Gasteiger partial charge in [-0.25, -0.2) is 0 Å². The van der Waals surface area contributed by atoms with Gasteiger partial charge >= 0.3 is 0 Å². The van der Waals surface area contributed by atoms with Crippen LogP contribution in [0.1, 0.15) is 34.3 Å². The molecule has 0 spiro atoms. The van der Waals surface area contributed by atoms with E-state index in [2.05, 4.69) is 10.2 Å². The lowest BCUT2D eigenvalue weighted by Gasteiger charge is -2.07. The van der Waals surface area contributed by atoms with Crippen LogP contribution in [0.3, 0.4) is 0 Å². The zero-order valence-electron chi connectivity index (χ0n) is 15.8. The zero-order valence-corrected chi connectivity index (χ0v) is 15.8. The summed E-state index contributed by atoms with van der Waals surface area (Å²) in [7, 11) is 0. The molecule has 3 N–H and O–H groups in total. The van der Waals surface area contributed by atoms with Crippen LogP contribution < -0.4 is 0 Å². The molecule has 3 aromatic carbocycles. The van der Waals surface area contributed by atoms with Crippen molar-refractivity contribution in [3.05, 3.63) is 83.4 Å². The van der Waals surface area contributed by atoms with Crippen LogP contribution in [0.15, 0.2) is 77.0 Å². The summed E-state index contributed by atoms with van der Waals surface area (Å²) < 4.78 is 0. The second-order valence-corrected chi connectivity index (χ2v) is 6.60. The summed E-state index contributed by atoms with van der Waals surface area (Å²) in [4.78, 5) is 12.6. The van der Waals surface area contributed by atoms with Gasteiger partial charge in [0, 0.05) is 18.2 Å². The van der Waals surface area contributed by atoms with Gasteiger partial charge in [-0.15, -0.1) is 5.11 Å². The third kappa shape index (κ3) is 5.27. The largest absolute Gasteiger partial charge is 0.507 e. The number of aromatic hydroxyl groups is 2. The first-order chi connectivity index (χ1) is 14.1. The summed E-state index contributed by atoms with van der Waals surface area (Å²) in [5, 5.41) is 37.1. The number of aliphatic hydroxyl groups excluding tert-OH is 1. The number of azo groups is 1. The molecule has 0 aliphatic heterocycles. The number of ketones is 1. The van der Waals surface area contributed by atoms with E-state index in [0.717, 1.165) is 30.9 Å². The van der Waals surface area contributed by atoms with Gasteiger partial charge in [0.2, 0.25) is 0 Å². The quantitative estimate of drug-likeness (QED) is 0.284. The van der Waals surface area contributed by atoms with Crippen molar-refractivity contribution in [2.45, 2.75) is 19.3 Å². The van der Waals surface area contributed by atoms with Crippen LogP contribution in [-0.4, -0.2) is 27.7 Å². The Bertz CT molecular complexity index is 999. The number of carbonyl (C=O) groups excluding carboxylic acids is 1. The Morgan fingerprint density at radius 3 is 2.24 bits per heavy atom. The predicted molar refractivity (Wildman–Crippen MR) is 110 cm³/mol. The van der Waals surface area contributed by atoms with Gasteiger partial charge in [-0.05, 0) is 43.0 Å². The second kappa shape index (κ2) is 9.61. The Hall–Kier alpha value is -3.51. The first-order valence-electron chi connectivity index (χ1n) is 9.36. The molecule has 0 heterocycles. The number of benzene rings is 3. The van der Waals surface area contributed by atoms with Crippen LogP contribution in [0.2, 0.25) is 0 Å². The molecule has 3 aromatic rings. The van der Waals surface area contributed by atoms with Crippen molar-refractivity contribution in [1.29, 1.82) is 0 Å². The van der Waals surface area contributed by atoms with Crippen LogP contribution in [0.25, 0.3) is 0 Å². The molecule has 0 fully saturated rings. The minimum Gasteiger partial charge on any atom is -0.507 e. The van der Waals surface area contributed by atoms with Gasteiger partial charge in [-0.3, -0.25) is 4.79 Å². The van der Waals surface area contributed by atoms with Gasteiger partial charge in [-0.2, -0.15) is 5.11 Å². The molecule has 6 heteroatoms. The standard InChI is InChI=1S/C23H22N2O4/c26-13-5-4-6-16-9-11-18(12-10-16)24-25-20-14-19(21(27)15-22(20)28)23(29)17-7-2-1-3-8-17/h1-3,7-12,14-15,26-28H,4-6,13H2. The Balaban J connectivity index is 1.79. The van der Waals surface area contributed by atoms with Gasteiger partial charge in [-0.1, -0.05) is 42.5 Å². The van der Waals surface area contributed by atoms with E-state index in [1.807, 2.05) is 24.3 Å². The van der Waals surface area contributed by atoms with Gasteiger partial charge in [0.25, 0.3) is 0 Å². The Morgan fingerprint density at radius 1 is 0.828 bits per heavy atom. The number of unbranched alkanes of at least 4 members (excludes halogenated alkanes) is 1. The minimum absolute atomic E-state index is 0.0437. The number of hydrogen-bond donors (Lipinski definition) is 3. The highest BCUT2D eigenvalue weighted by atomic mass is 16.3. The SMILES string of the molecule is O=C(c1ccccc1)c1cc(N=Nc2ccc(CCCCO)cc2)c(O)cc1O. The van der Waals surface area contributed by atoms with Gasteiger partial charge in [0.15, 0.2) is 5.78 Å². The molecule has 3 rings (SSSR count). The van der Waals surface area contributed by atoms with Crippen LogP contribution in [-0.2, 0) is 6.42 Å². The topological polar surface area (TPSA) is 102 Å². The Kier molecular flexibility index (Phi) is 6.71. The first kappa shape index (κ1) is 20.2. The molecule has 148 valence electrons. The second-order valence-electron chi connectivity index (χ2n) is 6.60. The maximum absolute atomic E-state index is 12.6. The molecule has 0 bridgehead atoms. The van der Waals surface area contributed by atoms with Crippen LogP contribution >= 0.6 is 0 Å². The van der Waals surface area contributed by atoms with Crippen molar-refractivity contribution in [3.63, 3.8) is 0 Å². The molecule has 29 heavy (non-hydrogen) atoms. The smallest absolute Gasteiger partial charge is 0.196 e. The maximum Gasteiger partial charge on any atom is 0.196 e. The highest BCUT2D eigenvalue weighted by molar-refractivity contribution is 6.11.